The van der Waals surface area contributed by atoms with Crippen LogP contribution in [-0.4, -0.2) is 17.6 Å². The van der Waals surface area contributed by atoms with E-state index in [9.17, 15) is 4.79 Å². The molecule has 4 rings (SSSR count). The summed E-state index contributed by atoms with van der Waals surface area (Å²) in [6.45, 7) is 4.53. The van der Waals surface area contributed by atoms with Crippen molar-refractivity contribution in [1.29, 1.82) is 0 Å². The summed E-state index contributed by atoms with van der Waals surface area (Å²) in [4.78, 5) is 16.9. The molecule has 4 nitrogen and oxygen atoms in total. The van der Waals surface area contributed by atoms with E-state index < -0.39 is 0 Å². The lowest BCUT2D eigenvalue weighted by atomic mass is 9.95. The van der Waals surface area contributed by atoms with Gasteiger partial charge in [-0.05, 0) is 73.1 Å². The second-order valence-electron chi connectivity index (χ2n) is 7.84. The van der Waals surface area contributed by atoms with Crippen molar-refractivity contribution in [2.75, 3.05) is 6.61 Å². The van der Waals surface area contributed by atoms with E-state index in [1.54, 1.807) is 6.20 Å². The van der Waals surface area contributed by atoms with Gasteiger partial charge in [0.2, 0.25) is 5.88 Å². The highest BCUT2D eigenvalue weighted by Gasteiger charge is 2.23. The number of aromatic nitrogens is 1. The molecule has 5 heteroatoms. The highest BCUT2D eigenvalue weighted by atomic mass is 35.5. The Morgan fingerprint density at radius 3 is 2.62 bits per heavy atom. The zero-order chi connectivity index (χ0) is 22.5. The smallest absolute Gasteiger partial charge is 0.338 e. The summed E-state index contributed by atoms with van der Waals surface area (Å²) < 4.78 is 11.4. The normalized spacial score (nSPS) is 13.3. The van der Waals surface area contributed by atoms with Crippen molar-refractivity contribution >= 4 is 28.7 Å². The number of ether oxygens (including phenoxy) is 2. The number of allylic oxidation sites excluding steroid dienone is 2. The molecule has 1 aliphatic carbocycles. The molecule has 0 atom stereocenters. The summed E-state index contributed by atoms with van der Waals surface area (Å²) in [6.07, 6.45) is 4.47. The Balaban J connectivity index is 1.72. The molecule has 1 aromatic heterocycles. The number of halogens is 1. The standard InChI is InChI=1S/C27H26ClNO3/c1-3-31-27(30)24-14-20(13-12-18(24)2)22-10-7-11-23(22)25-15-21(28)16-29-26(25)32-17-19-8-5-4-6-9-19/h4-6,8-9,12-16H,3,7,10-11,17H2,1-2H3. The number of pyridine rings is 1. The average molecular weight is 448 g/mol. The van der Waals surface area contributed by atoms with Gasteiger partial charge in [-0.25, -0.2) is 9.78 Å². The van der Waals surface area contributed by atoms with Gasteiger partial charge < -0.3 is 9.47 Å². The molecule has 0 N–H and O–H groups in total. The summed E-state index contributed by atoms with van der Waals surface area (Å²) >= 11 is 6.33. The number of nitrogens with zero attached hydrogens (tertiary/aromatic N) is 1. The predicted octanol–water partition coefficient (Wildman–Crippen LogP) is 6.89. The quantitative estimate of drug-likeness (QED) is 0.370. The molecule has 0 saturated heterocycles. The van der Waals surface area contributed by atoms with Gasteiger partial charge in [0.05, 0.1) is 17.2 Å². The van der Waals surface area contributed by atoms with Crippen LogP contribution in [0.5, 0.6) is 5.88 Å². The highest BCUT2D eigenvalue weighted by molar-refractivity contribution is 6.30. The van der Waals surface area contributed by atoms with Crippen LogP contribution in [0.2, 0.25) is 5.02 Å². The van der Waals surface area contributed by atoms with Crippen LogP contribution in [0.3, 0.4) is 0 Å². The van der Waals surface area contributed by atoms with E-state index >= 15 is 0 Å². The lowest BCUT2D eigenvalue weighted by molar-refractivity contribution is 0.0525. The number of benzene rings is 2. The Morgan fingerprint density at radius 1 is 1.06 bits per heavy atom. The predicted molar refractivity (Wildman–Crippen MR) is 128 cm³/mol. The van der Waals surface area contributed by atoms with Gasteiger partial charge in [0, 0.05) is 11.8 Å². The molecule has 0 unspecified atom stereocenters. The SMILES string of the molecule is CCOC(=O)c1cc(C2=C(c3cc(Cl)cnc3OCc3ccccc3)CCC2)ccc1C. The molecule has 1 heterocycles. The van der Waals surface area contributed by atoms with Crippen molar-refractivity contribution in [3.05, 3.63) is 93.6 Å². The molecule has 0 spiro atoms. The fraction of sp³-hybridized carbons (Fsp3) is 0.259. The van der Waals surface area contributed by atoms with Crippen LogP contribution < -0.4 is 4.74 Å². The first kappa shape index (κ1) is 22.1. The first-order valence-corrected chi connectivity index (χ1v) is 11.3. The Bertz CT molecular complexity index is 1150. The molecule has 164 valence electrons. The highest BCUT2D eigenvalue weighted by Crippen LogP contribution is 2.43. The van der Waals surface area contributed by atoms with Gasteiger partial charge in [0.1, 0.15) is 6.61 Å². The maximum atomic E-state index is 12.4. The lowest BCUT2D eigenvalue weighted by Crippen LogP contribution is -2.07. The van der Waals surface area contributed by atoms with E-state index in [4.69, 9.17) is 21.1 Å². The fourth-order valence-electron chi connectivity index (χ4n) is 4.08. The van der Waals surface area contributed by atoms with Crippen LogP contribution in [0.25, 0.3) is 11.1 Å². The molecular formula is C27H26ClNO3. The van der Waals surface area contributed by atoms with E-state index in [2.05, 4.69) is 11.1 Å². The van der Waals surface area contributed by atoms with Crippen LogP contribution in [0.15, 0.2) is 60.8 Å². The monoisotopic (exact) mass is 447 g/mol. The third-order valence-electron chi connectivity index (χ3n) is 5.66. The van der Waals surface area contributed by atoms with Crippen LogP contribution in [0, 0.1) is 6.92 Å². The Morgan fingerprint density at radius 2 is 1.84 bits per heavy atom. The fourth-order valence-corrected chi connectivity index (χ4v) is 4.24. The molecular weight excluding hydrogens is 422 g/mol. The zero-order valence-corrected chi connectivity index (χ0v) is 19.1. The van der Waals surface area contributed by atoms with E-state index in [1.807, 2.05) is 62.4 Å². The van der Waals surface area contributed by atoms with Crippen LogP contribution in [0.4, 0.5) is 0 Å². The van der Waals surface area contributed by atoms with Crippen molar-refractivity contribution < 1.29 is 14.3 Å². The molecule has 0 radical (unpaired) electrons. The molecule has 0 bridgehead atoms. The number of esters is 1. The summed E-state index contributed by atoms with van der Waals surface area (Å²) in [5.41, 5.74) is 6.90. The third-order valence-corrected chi connectivity index (χ3v) is 5.87. The van der Waals surface area contributed by atoms with E-state index in [0.29, 0.717) is 29.7 Å². The van der Waals surface area contributed by atoms with Gasteiger partial charge in [0.15, 0.2) is 0 Å². The summed E-state index contributed by atoms with van der Waals surface area (Å²) in [5, 5.41) is 0.571. The van der Waals surface area contributed by atoms with Crippen molar-refractivity contribution in [2.45, 2.75) is 39.7 Å². The van der Waals surface area contributed by atoms with E-state index in [1.165, 1.54) is 11.1 Å². The van der Waals surface area contributed by atoms with Crippen molar-refractivity contribution in [2.24, 2.45) is 0 Å². The molecule has 0 amide bonds. The molecule has 0 aliphatic heterocycles. The zero-order valence-electron chi connectivity index (χ0n) is 18.4. The Hall–Kier alpha value is -3.11. The maximum absolute atomic E-state index is 12.4. The second-order valence-corrected chi connectivity index (χ2v) is 8.28. The molecule has 0 fully saturated rings. The van der Waals surface area contributed by atoms with Gasteiger partial charge in [-0.3, -0.25) is 0 Å². The van der Waals surface area contributed by atoms with Gasteiger partial charge in [0.25, 0.3) is 0 Å². The minimum absolute atomic E-state index is 0.289. The van der Waals surface area contributed by atoms with Crippen LogP contribution in [-0.2, 0) is 11.3 Å². The minimum Gasteiger partial charge on any atom is -0.472 e. The molecule has 32 heavy (non-hydrogen) atoms. The number of hydrogen-bond acceptors (Lipinski definition) is 4. The topological polar surface area (TPSA) is 48.4 Å². The minimum atomic E-state index is -0.289. The number of rotatable bonds is 7. The number of aryl methyl sites for hydroxylation is 1. The van der Waals surface area contributed by atoms with E-state index in [0.717, 1.165) is 41.5 Å². The molecule has 0 saturated carbocycles. The van der Waals surface area contributed by atoms with Crippen molar-refractivity contribution in [3.63, 3.8) is 0 Å². The van der Waals surface area contributed by atoms with Crippen molar-refractivity contribution in [3.8, 4) is 5.88 Å². The first-order chi connectivity index (χ1) is 15.6. The summed E-state index contributed by atoms with van der Waals surface area (Å²) in [5.74, 6) is 0.286. The van der Waals surface area contributed by atoms with Gasteiger partial charge >= 0.3 is 5.97 Å². The van der Waals surface area contributed by atoms with E-state index in [-0.39, 0.29) is 5.97 Å². The Labute approximate surface area is 193 Å². The molecule has 3 aromatic rings. The number of carbonyl (C=O) groups excluding carboxylic acids is 1. The van der Waals surface area contributed by atoms with Gasteiger partial charge in [-0.1, -0.05) is 54.1 Å². The summed E-state index contributed by atoms with van der Waals surface area (Å²) in [7, 11) is 0. The first-order valence-electron chi connectivity index (χ1n) is 10.9. The largest absolute Gasteiger partial charge is 0.472 e. The van der Waals surface area contributed by atoms with Gasteiger partial charge in [-0.15, -0.1) is 0 Å². The third kappa shape index (κ3) is 4.86. The average Bonchev–Trinajstić information content (AvgIpc) is 3.29. The van der Waals surface area contributed by atoms with Crippen LogP contribution in [0.1, 0.15) is 58.8 Å². The molecule has 2 aromatic carbocycles. The Kier molecular flexibility index (Phi) is 6.91. The number of carbonyl (C=O) groups is 1. The van der Waals surface area contributed by atoms with Crippen molar-refractivity contribution in [1.82, 2.24) is 4.98 Å². The molecule has 1 aliphatic rings. The van der Waals surface area contributed by atoms with Crippen LogP contribution >= 0.6 is 11.6 Å². The second kappa shape index (κ2) is 10.0. The van der Waals surface area contributed by atoms with Gasteiger partial charge in [-0.2, -0.15) is 0 Å². The number of hydrogen-bond donors (Lipinski definition) is 0. The maximum Gasteiger partial charge on any atom is 0.338 e. The lowest BCUT2D eigenvalue weighted by Gasteiger charge is -2.15. The summed E-state index contributed by atoms with van der Waals surface area (Å²) in [6, 6.07) is 17.9.